The molecule has 3 amide bonds. The van der Waals surface area contributed by atoms with Gasteiger partial charge in [0.15, 0.2) is 27.2 Å². The molecule has 2 aromatic rings. The van der Waals surface area contributed by atoms with Crippen LogP contribution in [0.3, 0.4) is 0 Å². The quantitative estimate of drug-likeness (QED) is 0.113. The smallest absolute Gasteiger partial charge is 0.731 e. The maximum Gasteiger partial charge on any atom is 1.00 e. The number of aromatic nitrogens is 1. The van der Waals surface area contributed by atoms with Crippen molar-refractivity contribution in [3.05, 3.63) is 41.4 Å². The Kier molecular flexibility index (Phi) is 8.33. The average Bonchev–Trinajstić information content (AvgIpc) is 3.13. The van der Waals surface area contributed by atoms with E-state index in [2.05, 4.69) is 25.6 Å². The van der Waals surface area contributed by atoms with Crippen LogP contribution in [-0.2, 0) is 29.5 Å². The van der Waals surface area contributed by atoms with Crippen LogP contribution in [0.25, 0.3) is 0 Å². The molecule has 1 aromatic heterocycles. The molecule has 16 heteroatoms. The summed E-state index contributed by atoms with van der Waals surface area (Å²) in [6.45, 7) is 0. The zero-order chi connectivity index (χ0) is 22.8. The van der Waals surface area contributed by atoms with Crippen molar-refractivity contribution >= 4 is 55.9 Å². The van der Waals surface area contributed by atoms with Crippen LogP contribution < -0.4 is 45.9 Å². The molecule has 1 fully saturated rings. The summed E-state index contributed by atoms with van der Waals surface area (Å²) < 4.78 is 34.3. The Morgan fingerprint density at radius 1 is 1.31 bits per heavy atom. The molecule has 0 bridgehead atoms. The van der Waals surface area contributed by atoms with Crippen molar-refractivity contribution in [2.24, 2.45) is 5.16 Å². The topological polar surface area (TPSA) is 196 Å². The van der Waals surface area contributed by atoms with Crippen LogP contribution in [0, 0.1) is 0 Å². The Hall–Kier alpha value is -2.56. The number of thiazole rings is 1. The maximum atomic E-state index is 12.6. The average molecular weight is 490 g/mol. The number of anilines is 2. The summed E-state index contributed by atoms with van der Waals surface area (Å²) in [6, 6.07) is 4.48. The fourth-order valence-corrected chi connectivity index (χ4v) is 4.13. The number of amides is 3. The fourth-order valence-electron chi connectivity index (χ4n) is 2.75. The molecule has 2 atom stereocenters. The van der Waals surface area contributed by atoms with Crippen LogP contribution in [-0.4, -0.2) is 64.9 Å². The summed E-state index contributed by atoms with van der Waals surface area (Å²) in [5.41, 5.74) is 5.50. The Bertz CT molecular complexity index is 1150. The largest absolute Gasteiger partial charge is 1.00 e. The van der Waals surface area contributed by atoms with Gasteiger partial charge in [-0.3, -0.25) is 14.4 Å². The number of para-hydroxylation sites is 1. The maximum absolute atomic E-state index is 12.6. The van der Waals surface area contributed by atoms with Gasteiger partial charge in [0.1, 0.15) is 18.8 Å². The molecule has 0 spiro atoms. The molecule has 164 valence electrons. The number of benzene rings is 1. The van der Waals surface area contributed by atoms with E-state index in [1.165, 1.54) is 24.6 Å². The van der Waals surface area contributed by atoms with Crippen molar-refractivity contribution in [3.8, 4) is 0 Å². The normalized spacial score (nSPS) is 18.2. The molecule has 1 aliphatic heterocycles. The molecule has 0 aliphatic carbocycles. The van der Waals surface area contributed by atoms with Gasteiger partial charge < -0.3 is 25.8 Å². The third-order valence-electron chi connectivity index (χ3n) is 4.05. The fraction of sp³-hybridized carbons (Fsp3) is 0.188. The van der Waals surface area contributed by atoms with Gasteiger partial charge >= 0.3 is 29.6 Å². The van der Waals surface area contributed by atoms with Gasteiger partial charge in [-0.2, -0.15) is 0 Å². The summed E-state index contributed by atoms with van der Waals surface area (Å²) in [5.74, 6) is -3.25. The molecule has 13 nitrogen and oxygen atoms in total. The van der Waals surface area contributed by atoms with E-state index in [-0.39, 0.29) is 50.4 Å². The molecular weight excluding hydrogens is 475 g/mol. The number of carbonyl (C=O) groups excluding carboxylic acids is 3. The number of nitrogens with one attached hydrogen (secondary N) is 2. The molecule has 2 heterocycles. The third-order valence-corrected chi connectivity index (χ3v) is 5.61. The molecule has 0 saturated carbocycles. The van der Waals surface area contributed by atoms with Crippen LogP contribution in [0.5, 0.6) is 0 Å². The van der Waals surface area contributed by atoms with Crippen molar-refractivity contribution in [2.75, 3.05) is 18.2 Å². The number of rotatable bonds is 7. The van der Waals surface area contributed by atoms with Gasteiger partial charge in [-0.05, 0) is 12.1 Å². The molecule has 4 N–H and O–H groups in total. The first kappa shape index (κ1) is 25.7. The Labute approximate surface area is 208 Å². The van der Waals surface area contributed by atoms with E-state index in [0.29, 0.717) is 5.69 Å². The van der Waals surface area contributed by atoms with Crippen LogP contribution in [0.15, 0.2) is 40.9 Å². The van der Waals surface area contributed by atoms with Gasteiger partial charge in [0.25, 0.3) is 17.7 Å². The summed E-state index contributed by atoms with van der Waals surface area (Å²) >= 11 is 1.02. The van der Waals surface area contributed by atoms with E-state index >= 15 is 0 Å². The Morgan fingerprint density at radius 3 is 2.50 bits per heavy atom. The van der Waals surface area contributed by atoms with Crippen molar-refractivity contribution in [2.45, 2.75) is 12.1 Å². The first-order valence-electron chi connectivity index (χ1n) is 8.42. The van der Waals surface area contributed by atoms with Crippen molar-refractivity contribution in [1.82, 2.24) is 14.6 Å². The van der Waals surface area contributed by atoms with Crippen LogP contribution in [0.1, 0.15) is 5.69 Å². The molecule has 1 aromatic carbocycles. The molecule has 0 unspecified atom stereocenters. The number of carbonyl (C=O) groups is 3. The second-order valence-electron chi connectivity index (χ2n) is 6.04. The van der Waals surface area contributed by atoms with Gasteiger partial charge in [-0.15, -0.1) is 11.3 Å². The summed E-state index contributed by atoms with van der Waals surface area (Å²) in [4.78, 5) is 46.0. The summed E-state index contributed by atoms with van der Waals surface area (Å²) in [6.07, 6.45) is 0. The van der Waals surface area contributed by atoms with Gasteiger partial charge in [0.2, 0.25) is 0 Å². The van der Waals surface area contributed by atoms with Crippen LogP contribution in [0.2, 0.25) is 0 Å². The number of nitrogens with zero attached hydrogens (tertiary/aromatic N) is 3. The zero-order valence-electron chi connectivity index (χ0n) is 16.7. The number of β-lactam (4-membered cyclic amide) rings is 1. The van der Waals surface area contributed by atoms with Gasteiger partial charge in [0.05, 0.1) is 0 Å². The second kappa shape index (κ2) is 10.4. The van der Waals surface area contributed by atoms with E-state index < -0.39 is 40.1 Å². The van der Waals surface area contributed by atoms with E-state index in [0.717, 1.165) is 11.3 Å². The minimum Gasteiger partial charge on any atom is -0.731 e. The van der Waals surface area contributed by atoms with Crippen molar-refractivity contribution in [3.63, 3.8) is 0 Å². The summed E-state index contributed by atoms with van der Waals surface area (Å²) in [7, 11) is -4.14. The van der Waals surface area contributed by atoms with Gasteiger partial charge in [0, 0.05) is 11.1 Å². The number of nitrogen functional groups attached to an aromatic ring is 1. The first-order chi connectivity index (χ1) is 14.6. The van der Waals surface area contributed by atoms with E-state index in [9.17, 15) is 27.4 Å². The minimum absolute atomic E-state index is 0. The molecule has 1 aliphatic rings. The number of hydrogen-bond acceptors (Lipinski definition) is 11. The van der Waals surface area contributed by atoms with Gasteiger partial charge in [-0.1, -0.05) is 23.4 Å². The predicted molar refractivity (Wildman–Crippen MR) is 107 cm³/mol. The van der Waals surface area contributed by atoms with E-state index in [1.807, 2.05) is 0 Å². The summed E-state index contributed by atoms with van der Waals surface area (Å²) in [5, 5.41) is 9.66. The SMILES string of the molecule is CO/N=C(\C(=O)N[C@H]1C(=O)N(S(=O)(=O)[O-])[C@H]1C(=O)Nc1ccccc1)c1csc(N)n1.[Na+]. The van der Waals surface area contributed by atoms with Crippen LogP contribution >= 0.6 is 11.3 Å². The first-order valence-corrected chi connectivity index (χ1v) is 10.7. The van der Waals surface area contributed by atoms with E-state index in [1.54, 1.807) is 18.2 Å². The van der Waals surface area contributed by atoms with Crippen molar-refractivity contribution < 1.29 is 61.7 Å². The predicted octanol–water partition coefficient (Wildman–Crippen LogP) is -4.13. The number of hydrogen-bond donors (Lipinski definition) is 3. The van der Waals surface area contributed by atoms with Crippen molar-refractivity contribution in [1.29, 1.82) is 0 Å². The molecular formula is C16H15N6NaO7S2. The Balaban J connectivity index is 0.00000363. The molecule has 3 rings (SSSR count). The second-order valence-corrected chi connectivity index (χ2v) is 8.17. The monoisotopic (exact) mass is 490 g/mol. The van der Waals surface area contributed by atoms with Gasteiger partial charge in [-0.25, -0.2) is 17.7 Å². The Morgan fingerprint density at radius 2 is 1.97 bits per heavy atom. The molecule has 1 saturated heterocycles. The third kappa shape index (κ3) is 5.43. The number of oxime groups is 1. The van der Waals surface area contributed by atoms with Crippen LogP contribution in [0.4, 0.5) is 10.8 Å². The molecule has 0 radical (unpaired) electrons. The standard InChI is InChI=1S/C16H16N6O7S2.Na/c1-29-21-10(9-7-30-16(17)19-9)13(23)20-11-12(22(15(11)25)31(26,27)28)14(24)18-8-5-3-2-4-6-8;/h2-7,11-12H,1H3,(H2,17,19)(H,18,24)(H,20,23)(H,26,27,28);/q;+1/p-1/b21-10-;/t11-,12-;/m1./s1. The zero-order valence-corrected chi connectivity index (χ0v) is 20.3. The number of nitrogens with two attached hydrogens (primary N) is 1. The minimum atomic E-state index is -5.31. The molecule has 32 heavy (non-hydrogen) atoms. The van der Waals surface area contributed by atoms with E-state index in [4.69, 9.17) is 5.73 Å².